The van der Waals surface area contributed by atoms with Crippen LogP contribution in [0.25, 0.3) is 0 Å². The molecule has 0 radical (unpaired) electrons. The summed E-state index contributed by atoms with van der Waals surface area (Å²) in [6.07, 6.45) is 0.790. The molecule has 1 heterocycles. The van der Waals surface area contributed by atoms with Crippen LogP contribution in [0.15, 0.2) is 18.2 Å². The molecule has 0 bridgehead atoms. The van der Waals surface area contributed by atoms with Gasteiger partial charge in [0.05, 0.1) is 16.4 Å². The number of sulfone groups is 1. The summed E-state index contributed by atoms with van der Waals surface area (Å²) in [4.78, 5) is 10.5. The molecule has 1 aliphatic heterocycles. The van der Waals surface area contributed by atoms with E-state index in [1.54, 1.807) is 12.1 Å². The predicted molar refractivity (Wildman–Crippen MR) is 76.5 cm³/mol. The van der Waals surface area contributed by atoms with E-state index in [2.05, 4.69) is 0 Å². The number of halogens is 1. The number of nitro groups is 1. The fourth-order valence-electron chi connectivity index (χ4n) is 2.46. The number of hydrogen-bond acceptors (Lipinski definition) is 5. The summed E-state index contributed by atoms with van der Waals surface area (Å²) in [5.41, 5.74) is 6.43. The second-order valence-corrected chi connectivity index (χ2v) is 7.73. The van der Waals surface area contributed by atoms with Crippen molar-refractivity contribution in [1.82, 2.24) is 0 Å². The van der Waals surface area contributed by atoms with Crippen LogP contribution >= 0.6 is 11.6 Å². The number of nitrogens with two attached hydrogens (primary N) is 1. The summed E-state index contributed by atoms with van der Waals surface area (Å²) >= 11 is 5.75. The van der Waals surface area contributed by atoms with E-state index in [-0.39, 0.29) is 34.6 Å². The Morgan fingerprint density at radius 2 is 2.20 bits per heavy atom. The molecule has 0 saturated carbocycles. The molecule has 1 aromatic rings. The van der Waals surface area contributed by atoms with Crippen molar-refractivity contribution in [2.75, 3.05) is 11.5 Å². The highest BCUT2D eigenvalue weighted by atomic mass is 35.5. The van der Waals surface area contributed by atoms with Gasteiger partial charge in [0, 0.05) is 22.7 Å². The highest BCUT2D eigenvalue weighted by Crippen LogP contribution is 2.28. The maximum Gasteiger partial charge on any atom is 0.274 e. The monoisotopic (exact) mass is 318 g/mol. The number of benzene rings is 1. The van der Waals surface area contributed by atoms with Crippen LogP contribution in [0.2, 0.25) is 5.02 Å². The van der Waals surface area contributed by atoms with Crippen LogP contribution < -0.4 is 5.73 Å². The van der Waals surface area contributed by atoms with E-state index in [4.69, 9.17) is 17.3 Å². The van der Waals surface area contributed by atoms with Gasteiger partial charge in [0.1, 0.15) is 0 Å². The molecule has 20 heavy (non-hydrogen) atoms. The standard InChI is InChI=1S/C12H15ClN2O4S/c13-10-2-1-8(12(6-10)15(16)17)5-11(14)9-3-4-20(18,19)7-9/h1-2,6,9,11H,3-5,7,14H2. The van der Waals surface area contributed by atoms with Crippen LogP contribution in [0.4, 0.5) is 5.69 Å². The van der Waals surface area contributed by atoms with E-state index in [0.29, 0.717) is 12.0 Å². The van der Waals surface area contributed by atoms with Gasteiger partial charge in [-0.2, -0.15) is 0 Å². The normalized spacial score (nSPS) is 22.6. The van der Waals surface area contributed by atoms with Crippen molar-refractivity contribution < 1.29 is 13.3 Å². The van der Waals surface area contributed by atoms with E-state index in [1.807, 2.05) is 0 Å². The van der Waals surface area contributed by atoms with Gasteiger partial charge >= 0.3 is 0 Å². The lowest BCUT2D eigenvalue weighted by molar-refractivity contribution is -0.385. The lowest BCUT2D eigenvalue weighted by atomic mass is 9.93. The van der Waals surface area contributed by atoms with Crippen LogP contribution in [-0.4, -0.2) is 30.9 Å². The van der Waals surface area contributed by atoms with Gasteiger partial charge in [-0.3, -0.25) is 10.1 Å². The third kappa shape index (κ3) is 3.47. The molecule has 0 aromatic heterocycles. The molecule has 2 unspecified atom stereocenters. The van der Waals surface area contributed by atoms with Gasteiger partial charge in [0.15, 0.2) is 9.84 Å². The van der Waals surface area contributed by atoms with Crippen molar-refractivity contribution in [3.8, 4) is 0 Å². The average Bonchev–Trinajstić information content (AvgIpc) is 2.71. The van der Waals surface area contributed by atoms with Crippen LogP contribution in [0.5, 0.6) is 0 Å². The Balaban J connectivity index is 2.16. The molecular weight excluding hydrogens is 304 g/mol. The van der Waals surface area contributed by atoms with Crippen LogP contribution in [-0.2, 0) is 16.3 Å². The van der Waals surface area contributed by atoms with Gasteiger partial charge in [0.25, 0.3) is 5.69 Å². The highest BCUT2D eigenvalue weighted by Gasteiger charge is 2.32. The summed E-state index contributed by atoms with van der Waals surface area (Å²) < 4.78 is 22.9. The van der Waals surface area contributed by atoms with Crippen LogP contribution in [0.3, 0.4) is 0 Å². The van der Waals surface area contributed by atoms with Gasteiger partial charge < -0.3 is 5.73 Å². The van der Waals surface area contributed by atoms with Crippen molar-refractivity contribution >= 4 is 27.1 Å². The molecule has 6 nitrogen and oxygen atoms in total. The Kier molecular flexibility index (Phi) is 4.31. The zero-order valence-corrected chi connectivity index (χ0v) is 12.2. The number of nitrogens with zero attached hydrogens (tertiary/aromatic N) is 1. The minimum absolute atomic E-state index is 0.0650. The van der Waals surface area contributed by atoms with Gasteiger partial charge in [-0.1, -0.05) is 17.7 Å². The maximum atomic E-state index is 11.4. The van der Waals surface area contributed by atoms with E-state index < -0.39 is 20.8 Å². The number of rotatable bonds is 4. The number of nitro benzene ring substituents is 1. The fraction of sp³-hybridized carbons (Fsp3) is 0.500. The van der Waals surface area contributed by atoms with Crippen LogP contribution in [0, 0.1) is 16.0 Å². The molecule has 110 valence electrons. The van der Waals surface area contributed by atoms with E-state index in [0.717, 1.165) is 0 Å². The van der Waals surface area contributed by atoms with Crippen LogP contribution in [0.1, 0.15) is 12.0 Å². The first-order valence-electron chi connectivity index (χ1n) is 6.17. The highest BCUT2D eigenvalue weighted by molar-refractivity contribution is 7.91. The molecule has 8 heteroatoms. The lowest BCUT2D eigenvalue weighted by Gasteiger charge is -2.17. The molecule has 0 spiro atoms. The second kappa shape index (κ2) is 5.67. The Morgan fingerprint density at radius 3 is 2.75 bits per heavy atom. The first-order chi connectivity index (χ1) is 9.28. The van der Waals surface area contributed by atoms with E-state index in [1.165, 1.54) is 6.07 Å². The Morgan fingerprint density at radius 1 is 1.50 bits per heavy atom. The van der Waals surface area contributed by atoms with Gasteiger partial charge in [-0.05, 0) is 24.8 Å². The number of hydrogen-bond donors (Lipinski definition) is 1. The van der Waals surface area contributed by atoms with Gasteiger partial charge in [-0.25, -0.2) is 8.42 Å². The Labute approximate surface area is 122 Å². The summed E-state index contributed by atoms with van der Waals surface area (Å²) in [6.45, 7) is 0. The third-order valence-corrected chi connectivity index (χ3v) is 5.60. The first kappa shape index (κ1) is 15.2. The summed E-state index contributed by atoms with van der Waals surface area (Å²) in [5.74, 6) is 0.0687. The largest absolute Gasteiger partial charge is 0.327 e. The first-order valence-corrected chi connectivity index (χ1v) is 8.37. The SMILES string of the molecule is NC(Cc1ccc(Cl)cc1[N+](=O)[O-])C1CCS(=O)(=O)C1. The van der Waals surface area contributed by atoms with Crippen molar-refractivity contribution in [1.29, 1.82) is 0 Å². The molecule has 2 rings (SSSR count). The smallest absolute Gasteiger partial charge is 0.274 e. The molecule has 1 aliphatic rings. The zero-order valence-electron chi connectivity index (χ0n) is 10.7. The summed E-state index contributed by atoms with van der Waals surface area (Å²) in [6, 6.07) is 4.02. The molecule has 2 atom stereocenters. The summed E-state index contributed by atoms with van der Waals surface area (Å²) in [5, 5.41) is 11.3. The second-order valence-electron chi connectivity index (χ2n) is 5.06. The van der Waals surface area contributed by atoms with E-state index >= 15 is 0 Å². The quantitative estimate of drug-likeness (QED) is 0.670. The topological polar surface area (TPSA) is 103 Å². The lowest BCUT2D eigenvalue weighted by Crippen LogP contribution is -2.33. The van der Waals surface area contributed by atoms with Crippen molar-refractivity contribution in [2.24, 2.45) is 11.7 Å². The van der Waals surface area contributed by atoms with Gasteiger partial charge in [-0.15, -0.1) is 0 Å². The molecule has 2 N–H and O–H groups in total. The molecular formula is C12H15ClN2O4S. The van der Waals surface area contributed by atoms with E-state index in [9.17, 15) is 18.5 Å². The molecule has 1 saturated heterocycles. The minimum Gasteiger partial charge on any atom is -0.327 e. The molecule has 1 fully saturated rings. The third-order valence-electron chi connectivity index (χ3n) is 3.57. The van der Waals surface area contributed by atoms with Gasteiger partial charge in [0.2, 0.25) is 0 Å². The Hall–Kier alpha value is -1.18. The molecule has 0 amide bonds. The fourth-order valence-corrected chi connectivity index (χ4v) is 4.52. The maximum absolute atomic E-state index is 11.4. The minimum atomic E-state index is -3.00. The van der Waals surface area contributed by atoms with Crippen molar-refractivity contribution in [2.45, 2.75) is 18.9 Å². The van der Waals surface area contributed by atoms with Crippen molar-refractivity contribution in [3.63, 3.8) is 0 Å². The molecule has 0 aliphatic carbocycles. The molecule has 1 aromatic carbocycles. The average molecular weight is 319 g/mol. The summed E-state index contributed by atoms with van der Waals surface area (Å²) in [7, 11) is -3.00. The predicted octanol–water partition coefficient (Wildman–Crippen LogP) is 1.55. The Bertz CT molecular complexity index is 632. The van der Waals surface area contributed by atoms with Crippen molar-refractivity contribution in [3.05, 3.63) is 38.9 Å². The zero-order chi connectivity index (χ0) is 14.9.